The number of carbonyl (C=O) groups excluding carboxylic acids is 1. The number of nitrogens with zero attached hydrogens (tertiary/aromatic N) is 1. The second-order valence-corrected chi connectivity index (χ2v) is 7.14. The van der Waals surface area contributed by atoms with E-state index in [4.69, 9.17) is 4.42 Å². The van der Waals surface area contributed by atoms with Crippen molar-refractivity contribution in [1.29, 1.82) is 0 Å². The van der Waals surface area contributed by atoms with Crippen LogP contribution in [0.5, 0.6) is 0 Å². The molecule has 1 aromatic carbocycles. The van der Waals surface area contributed by atoms with Crippen LogP contribution < -0.4 is 5.32 Å². The van der Waals surface area contributed by atoms with Crippen molar-refractivity contribution in [3.63, 3.8) is 0 Å². The van der Waals surface area contributed by atoms with E-state index in [0.29, 0.717) is 31.0 Å². The minimum atomic E-state index is -0.332. The number of hydrogen-bond acceptors (Lipinski definition) is 4. The normalized spacial score (nSPS) is 23.7. The lowest BCUT2D eigenvalue weighted by Crippen LogP contribution is -2.39. The molecule has 1 amide bonds. The zero-order valence-electron chi connectivity index (χ0n) is 14.2. The van der Waals surface area contributed by atoms with Gasteiger partial charge in [0.1, 0.15) is 5.76 Å². The van der Waals surface area contributed by atoms with Crippen LogP contribution in [0.3, 0.4) is 0 Å². The number of nitrogens with one attached hydrogen (secondary N) is 1. The van der Waals surface area contributed by atoms with Crippen molar-refractivity contribution in [1.82, 2.24) is 10.2 Å². The van der Waals surface area contributed by atoms with Crippen LogP contribution in [0.25, 0.3) is 0 Å². The molecule has 0 bridgehead atoms. The highest BCUT2D eigenvalue weighted by atomic mass is 16.3. The lowest BCUT2D eigenvalue weighted by atomic mass is 10.1. The predicted octanol–water partition coefficient (Wildman–Crippen LogP) is 2.52. The molecule has 1 saturated carbocycles. The molecular weight excluding hydrogens is 316 g/mol. The van der Waals surface area contributed by atoms with Gasteiger partial charge in [0.15, 0.2) is 0 Å². The summed E-state index contributed by atoms with van der Waals surface area (Å²) in [5.41, 5.74) is 1.88. The van der Waals surface area contributed by atoms with Gasteiger partial charge in [-0.3, -0.25) is 9.69 Å². The van der Waals surface area contributed by atoms with Crippen LogP contribution >= 0.6 is 0 Å². The third-order valence-corrected chi connectivity index (χ3v) is 5.12. The smallest absolute Gasteiger partial charge is 0.254 e. The van der Waals surface area contributed by atoms with Gasteiger partial charge in [-0.15, -0.1) is 0 Å². The number of hydrogen-bond donors (Lipinski definition) is 2. The molecule has 2 fully saturated rings. The number of carbonyl (C=O) groups is 1. The molecule has 0 radical (unpaired) electrons. The number of likely N-dealkylation sites (tertiary alicyclic amines) is 1. The van der Waals surface area contributed by atoms with Gasteiger partial charge in [-0.1, -0.05) is 30.3 Å². The van der Waals surface area contributed by atoms with E-state index in [2.05, 4.69) is 22.3 Å². The topological polar surface area (TPSA) is 65.7 Å². The van der Waals surface area contributed by atoms with Crippen LogP contribution in [0.15, 0.2) is 47.1 Å². The first kappa shape index (κ1) is 16.4. The van der Waals surface area contributed by atoms with Crippen LogP contribution in [0, 0.1) is 0 Å². The van der Waals surface area contributed by atoms with E-state index in [9.17, 15) is 9.90 Å². The van der Waals surface area contributed by atoms with Gasteiger partial charge < -0.3 is 14.8 Å². The van der Waals surface area contributed by atoms with E-state index in [1.807, 2.05) is 18.2 Å². The number of aliphatic hydroxyl groups is 1. The molecule has 2 N–H and O–H groups in total. The molecule has 2 aromatic rings. The maximum atomic E-state index is 12.5. The molecule has 25 heavy (non-hydrogen) atoms. The van der Waals surface area contributed by atoms with Crippen LogP contribution in [0.1, 0.15) is 46.9 Å². The van der Waals surface area contributed by atoms with E-state index in [1.54, 1.807) is 12.3 Å². The Morgan fingerprint density at radius 2 is 2.04 bits per heavy atom. The highest BCUT2D eigenvalue weighted by Gasteiger charge is 2.33. The van der Waals surface area contributed by atoms with E-state index in [0.717, 1.165) is 25.1 Å². The van der Waals surface area contributed by atoms with Crippen molar-refractivity contribution in [2.75, 3.05) is 13.1 Å². The maximum Gasteiger partial charge on any atom is 0.254 e. The Kier molecular flexibility index (Phi) is 4.59. The molecule has 1 aliphatic carbocycles. The summed E-state index contributed by atoms with van der Waals surface area (Å²) in [5, 5.41) is 13.1. The molecule has 5 heteroatoms. The Morgan fingerprint density at radius 3 is 2.80 bits per heavy atom. The van der Waals surface area contributed by atoms with Crippen LogP contribution in [-0.2, 0) is 6.54 Å². The molecule has 2 aliphatic rings. The summed E-state index contributed by atoms with van der Waals surface area (Å²) in [6.45, 7) is 1.98. The van der Waals surface area contributed by atoms with Crippen LogP contribution in [-0.4, -0.2) is 41.1 Å². The molecule has 1 aromatic heterocycles. The standard InChI is InChI=1S/C20H24N2O3/c23-17-10-16(22(13-17)12-14-4-2-1-3-5-14)11-21-20(24)18-8-9-25-19(18)15-6-7-15/h1-5,8-9,15-17,23H,6-7,10-13H2,(H,21,24)/t16-,17-/m0/s1. The van der Waals surface area contributed by atoms with E-state index < -0.39 is 0 Å². The average Bonchev–Trinajstić information content (AvgIpc) is 3.23. The summed E-state index contributed by atoms with van der Waals surface area (Å²) in [6.07, 6.45) is 4.17. The monoisotopic (exact) mass is 340 g/mol. The minimum absolute atomic E-state index is 0.0725. The third-order valence-electron chi connectivity index (χ3n) is 5.12. The maximum absolute atomic E-state index is 12.5. The highest BCUT2D eigenvalue weighted by Crippen LogP contribution is 2.42. The summed E-state index contributed by atoms with van der Waals surface area (Å²) in [4.78, 5) is 14.8. The van der Waals surface area contributed by atoms with Gasteiger partial charge >= 0.3 is 0 Å². The van der Waals surface area contributed by atoms with Gasteiger partial charge in [0.05, 0.1) is 17.9 Å². The largest absolute Gasteiger partial charge is 0.468 e. The molecule has 4 rings (SSSR count). The Morgan fingerprint density at radius 1 is 1.24 bits per heavy atom. The lowest BCUT2D eigenvalue weighted by Gasteiger charge is -2.24. The fourth-order valence-corrected chi connectivity index (χ4v) is 3.66. The second-order valence-electron chi connectivity index (χ2n) is 7.14. The quantitative estimate of drug-likeness (QED) is 0.848. The predicted molar refractivity (Wildman–Crippen MR) is 94.3 cm³/mol. The molecule has 5 nitrogen and oxygen atoms in total. The van der Waals surface area contributed by atoms with Gasteiger partial charge in [0, 0.05) is 31.6 Å². The summed E-state index contributed by atoms with van der Waals surface area (Å²) >= 11 is 0. The number of rotatable bonds is 6. The molecule has 132 valence electrons. The van der Waals surface area contributed by atoms with Crippen molar-refractivity contribution in [3.8, 4) is 0 Å². The van der Waals surface area contributed by atoms with Crippen molar-refractivity contribution in [2.24, 2.45) is 0 Å². The minimum Gasteiger partial charge on any atom is -0.468 e. The first-order chi connectivity index (χ1) is 12.2. The fourth-order valence-electron chi connectivity index (χ4n) is 3.66. The summed E-state index contributed by atoms with van der Waals surface area (Å²) in [6, 6.07) is 12.1. The van der Waals surface area contributed by atoms with E-state index in [1.165, 1.54) is 5.56 Å². The average molecular weight is 340 g/mol. The molecule has 1 aliphatic heterocycles. The van der Waals surface area contributed by atoms with Crippen LogP contribution in [0.4, 0.5) is 0 Å². The van der Waals surface area contributed by atoms with Gasteiger partial charge in [-0.05, 0) is 30.9 Å². The Bertz CT molecular complexity index is 724. The molecule has 2 heterocycles. The second kappa shape index (κ2) is 7.02. The van der Waals surface area contributed by atoms with Gasteiger partial charge in [-0.25, -0.2) is 0 Å². The molecule has 0 unspecified atom stereocenters. The molecule has 1 saturated heterocycles. The zero-order chi connectivity index (χ0) is 17.2. The number of aliphatic hydroxyl groups excluding tert-OH is 1. The third kappa shape index (κ3) is 3.78. The van der Waals surface area contributed by atoms with E-state index in [-0.39, 0.29) is 18.1 Å². The molecule has 0 spiro atoms. The number of benzene rings is 1. The van der Waals surface area contributed by atoms with Crippen molar-refractivity contribution < 1.29 is 14.3 Å². The summed E-state index contributed by atoms with van der Waals surface area (Å²) in [5.74, 6) is 1.17. The summed E-state index contributed by atoms with van der Waals surface area (Å²) in [7, 11) is 0. The lowest BCUT2D eigenvalue weighted by molar-refractivity contribution is 0.0937. The number of β-amino-alcohol motifs (C(OH)–C–C–N with tert-alkyl or cyclic N) is 1. The first-order valence-electron chi connectivity index (χ1n) is 9.02. The Balaban J connectivity index is 1.37. The Labute approximate surface area is 147 Å². The zero-order valence-corrected chi connectivity index (χ0v) is 14.2. The van der Waals surface area contributed by atoms with Crippen molar-refractivity contribution in [2.45, 2.75) is 43.9 Å². The SMILES string of the molecule is O=C(NC[C@@H]1C[C@H](O)CN1Cc1ccccc1)c1ccoc1C1CC1. The van der Waals surface area contributed by atoms with Gasteiger partial charge in [0.25, 0.3) is 5.91 Å². The van der Waals surface area contributed by atoms with Gasteiger partial charge in [0.2, 0.25) is 0 Å². The first-order valence-corrected chi connectivity index (χ1v) is 9.02. The highest BCUT2D eigenvalue weighted by molar-refractivity contribution is 5.95. The summed E-state index contributed by atoms with van der Waals surface area (Å²) < 4.78 is 5.49. The van der Waals surface area contributed by atoms with Crippen molar-refractivity contribution >= 4 is 5.91 Å². The fraction of sp³-hybridized carbons (Fsp3) is 0.450. The van der Waals surface area contributed by atoms with E-state index >= 15 is 0 Å². The Hall–Kier alpha value is -2.11. The van der Waals surface area contributed by atoms with Crippen LogP contribution in [0.2, 0.25) is 0 Å². The van der Waals surface area contributed by atoms with Crippen molar-refractivity contribution in [3.05, 3.63) is 59.5 Å². The molecule has 2 atom stereocenters. The molecular formula is C20H24N2O3. The number of amides is 1. The number of furan rings is 1. The van der Waals surface area contributed by atoms with Gasteiger partial charge in [-0.2, -0.15) is 0 Å².